The SMILES string of the molecule is Cn1cc(-c2ccc3nnc(CC(=O)c4ccnc(CN5CCCC5)c4)cc3c2)cn1. The van der Waals surface area contributed by atoms with Crippen molar-refractivity contribution in [3.63, 3.8) is 0 Å². The predicted molar refractivity (Wildman–Crippen MR) is 119 cm³/mol. The molecule has 1 saturated heterocycles. The Morgan fingerprint density at radius 2 is 1.87 bits per heavy atom. The molecule has 3 aromatic heterocycles. The van der Waals surface area contributed by atoms with E-state index in [9.17, 15) is 4.79 Å². The number of rotatable bonds is 6. The Kier molecular flexibility index (Phi) is 5.26. The summed E-state index contributed by atoms with van der Waals surface area (Å²) >= 11 is 0. The second-order valence-corrected chi connectivity index (χ2v) is 8.13. The molecule has 0 unspecified atom stereocenters. The number of hydrogen-bond donors (Lipinski definition) is 0. The molecule has 0 spiro atoms. The lowest BCUT2D eigenvalue weighted by molar-refractivity contribution is 0.0991. The Labute approximate surface area is 180 Å². The minimum atomic E-state index is 0.0298. The zero-order chi connectivity index (χ0) is 21.2. The summed E-state index contributed by atoms with van der Waals surface area (Å²) in [5, 5.41) is 13.8. The van der Waals surface area contributed by atoms with Gasteiger partial charge in [-0.15, -0.1) is 0 Å². The molecule has 1 fully saturated rings. The van der Waals surface area contributed by atoms with E-state index in [0.29, 0.717) is 11.3 Å². The molecule has 4 heterocycles. The number of aryl methyl sites for hydroxylation is 1. The van der Waals surface area contributed by atoms with Crippen LogP contribution in [-0.4, -0.2) is 48.7 Å². The normalized spacial score (nSPS) is 14.4. The standard InChI is InChI=1S/C24H24N6O/c1-29-15-20(14-26-29)17-4-5-23-19(10-17)12-21(27-28-23)13-24(31)18-6-7-25-22(11-18)16-30-8-2-3-9-30/h4-7,10-12,14-15H,2-3,8-9,13,16H2,1H3. The van der Waals surface area contributed by atoms with Gasteiger partial charge >= 0.3 is 0 Å². The van der Waals surface area contributed by atoms with Gasteiger partial charge in [-0.05, 0) is 61.8 Å². The maximum absolute atomic E-state index is 12.9. The summed E-state index contributed by atoms with van der Waals surface area (Å²) in [6.45, 7) is 3.01. The highest BCUT2D eigenvalue weighted by Crippen LogP contribution is 2.23. The van der Waals surface area contributed by atoms with Crippen molar-refractivity contribution in [1.82, 2.24) is 29.9 Å². The number of aromatic nitrogens is 5. The molecule has 0 bridgehead atoms. The lowest BCUT2D eigenvalue weighted by Crippen LogP contribution is -2.19. The number of Topliss-reactive ketones (excluding diaryl/α,β-unsaturated/α-hetero) is 1. The number of hydrogen-bond acceptors (Lipinski definition) is 6. The van der Waals surface area contributed by atoms with Crippen molar-refractivity contribution < 1.29 is 4.79 Å². The van der Waals surface area contributed by atoms with Gasteiger partial charge in [-0.25, -0.2) is 0 Å². The molecular formula is C24H24N6O. The van der Waals surface area contributed by atoms with Crippen LogP contribution >= 0.6 is 0 Å². The Balaban J connectivity index is 1.35. The zero-order valence-electron chi connectivity index (χ0n) is 17.5. The summed E-state index contributed by atoms with van der Waals surface area (Å²) in [5.41, 5.74) is 5.20. The molecular weight excluding hydrogens is 388 g/mol. The topological polar surface area (TPSA) is 76.8 Å². The highest BCUT2D eigenvalue weighted by molar-refractivity contribution is 5.97. The molecule has 5 rings (SSSR count). The van der Waals surface area contributed by atoms with Crippen LogP contribution < -0.4 is 0 Å². The van der Waals surface area contributed by atoms with E-state index < -0.39 is 0 Å². The average molecular weight is 412 g/mol. The van der Waals surface area contributed by atoms with Gasteiger partial charge in [0.25, 0.3) is 0 Å². The van der Waals surface area contributed by atoms with Gasteiger partial charge in [-0.2, -0.15) is 15.3 Å². The van der Waals surface area contributed by atoms with Gasteiger partial charge in [0, 0.05) is 42.5 Å². The van der Waals surface area contributed by atoms with E-state index in [1.54, 1.807) is 16.9 Å². The minimum Gasteiger partial charge on any atom is -0.298 e. The van der Waals surface area contributed by atoms with Crippen LogP contribution in [-0.2, 0) is 20.0 Å². The molecule has 4 aromatic rings. The first-order valence-corrected chi connectivity index (χ1v) is 10.6. The number of carbonyl (C=O) groups is 1. The molecule has 0 N–H and O–H groups in total. The second-order valence-electron chi connectivity index (χ2n) is 8.13. The number of likely N-dealkylation sites (tertiary alicyclic amines) is 1. The fourth-order valence-corrected chi connectivity index (χ4v) is 4.10. The average Bonchev–Trinajstić information content (AvgIpc) is 3.45. The molecule has 7 heteroatoms. The summed E-state index contributed by atoms with van der Waals surface area (Å²) in [6.07, 6.45) is 8.23. The minimum absolute atomic E-state index is 0.0298. The highest BCUT2D eigenvalue weighted by atomic mass is 16.1. The first kappa shape index (κ1) is 19.5. The molecule has 0 amide bonds. The number of nitrogens with zero attached hydrogens (tertiary/aromatic N) is 6. The quantitative estimate of drug-likeness (QED) is 0.452. The van der Waals surface area contributed by atoms with Gasteiger partial charge in [0.15, 0.2) is 5.78 Å². The van der Waals surface area contributed by atoms with E-state index in [4.69, 9.17) is 0 Å². The van der Waals surface area contributed by atoms with Crippen molar-refractivity contribution in [3.05, 3.63) is 71.9 Å². The van der Waals surface area contributed by atoms with Crippen LogP contribution in [0.5, 0.6) is 0 Å². The van der Waals surface area contributed by atoms with Gasteiger partial charge in [0.2, 0.25) is 0 Å². The number of benzene rings is 1. The summed E-state index contributed by atoms with van der Waals surface area (Å²) in [6, 6.07) is 11.7. The van der Waals surface area contributed by atoms with Crippen LogP contribution in [0.2, 0.25) is 0 Å². The van der Waals surface area contributed by atoms with Gasteiger partial charge in [-0.3, -0.25) is 19.4 Å². The van der Waals surface area contributed by atoms with Gasteiger partial charge in [-0.1, -0.05) is 6.07 Å². The van der Waals surface area contributed by atoms with Gasteiger partial charge in [0.1, 0.15) is 0 Å². The van der Waals surface area contributed by atoms with E-state index >= 15 is 0 Å². The molecule has 0 aliphatic carbocycles. The maximum Gasteiger partial charge on any atom is 0.169 e. The Morgan fingerprint density at radius 3 is 2.68 bits per heavy atom. The largest absolute Gasteiger partial charge is 0.298 e. The van der Waals surface area contributed by atoms with Crippen LogP contribution in [0.15, 0.2) is 55.0 Å². The predicted octanol–water partition coefficient (Wildman–Crippen LogP) is 3.45. The lowest BCUT2D eigenvalue weighted by atomic mass is 10.0. The van der Waals surface area contributed by atoms with Crippen LogP contribution in [0.4, 0.5) is 0 Å². The Hall–Kier alpha value is -3.45. The summed E-state index contributed by atoms with van der Waals surface area (Å²) < 4.78 is 1.78. The third kappa shape index (κ3) is 4.36. The Morgan fingerprint density at radius 1 is 1.00 bits per heavy atom. The molecule has 7 nitrogen and oxygen atoms in total. The van der Waals surface area contributed by atoms with E-state index in [-0.39, 0.29) is 12.2 Å². The second kappa shape index (κ2) is 8.35. The van der Waals surface area contributed by atoms with Crippen molar-refractivity contribution in [1.29, 1.82) is 0 Å². The van der Waals surface area contributed by atoms with Crippen LogP contribution in [0, 0.1) is 0 Å². The third-order valence-corrected chi connectivity index (χ3v) is 5.74. The van der Waals surface area contributed by atoms with E-state index in [2.05, 4.69) is 31.2 Å². The molecule has 31 heavy (non-hydrogen) atoms. The summed E-state index contributed by atoms with van der Waals surface area (Å²) in [7, 11) is 1.90. The van der Waals surface area contributed by atoms with Crippen LogP contribution in [0.1, 0.15) is 34.6 Å². The van der Waals surface area contributed by atoms with Crippen molar-refractivity contribution in [2.24, 2.45) is 7.05 Å². The molecule has 1 aliphatic rings. The first-order chi connectivity index (χ1) is 15.1. The molecule has 1 aliphatic heterocycles. The number of carbonyl (C=O) groups excluding carboxylic acids is 1. The highest BCUT2D eigenvalue weighted by Gasteiger charge is 2.15. The van der Waals surface area contributed by atoms with E-state index in [0.717, 1.165) is 47.4 Å². The first-order valence-electron chi connectivity index (χ1n) is 10.6. The van der Waals surface area contributed by atoms with E-state index in [1.807, 2.05) is 43.7 Å². The van der Waals surface area contributed by atoms with Gasteiger partial charge < -0.3 is 0 Å². The monoisotopic (exact) mass is 412 g/mol. The third-order valence-electron chi connectivity index (χ3n) is 5.74. The molecule has 156 valence electrons. The summed E-state index contributed by atoms with van der Waals surface area (Å²) in [4.78, 5) is 19.7. The maximum atomic E-state index is 12.9. The van der Waals surface area contributed by atoms with Crippen LogP contribution in [0.25, 0.3) is 22.0 Å². The fraction of sp³-hybridized carbons (Fsp3) is 0.292. The van der Waals surface area contributed by atoms with Crippen molar-refractivity contribution in [2.75, 3.05) is 13.1 Å². The zero-order valence-corrected chi connectivity index (χ0v) is 17.5. The molecule has 0 saturated carbocycles. The Bertz CT molecular complexity index is 1240. The molecule has 0 atom stereocenters. The summed E-state index contributed by atoms with van der Waals surface area (Å²) in [5.74, 6) is 0.0298. The molecule has 1 aromatic carbocycles. The lowest BCUT2D eigenvalue weighted by Gasteiger charge is -2.14. The van der Waals surface area contributed by atoms with E-state index in [1.165, 1.54) is 12.8 Å². The number of fused-ring (bicyclic) bond motifs is 1. The molecule has 0 radical (unpaired) electrons. The number of pyridine rings is 1. The fourth-order valence-electron chi connectivity index (χ4n) is 4.10. The number of ketones is 1. The van der Waals surface area contributed by atoms with Crippen molar-refractivity contribution >= 4 is 16.7 Å². The smallest absolute Gasteiger partial charge is 0.169 e. The van der Waals surface area contributed by atoms with Crippen molar-refractivity contribution in [2.45, 2.75) is 25.8 Å². The van der Waals surface area contributed by atoms with Crippen LogP contribution in [0.3, 0.4) is 0 Å². The van der Waals surface area contributed by atoms with Crippen molar-refractivity contribution in [3.8, 4) is 11.1 Å². The van der Waals surface area contributed by atoms with Gasteiger partial charge in [0.05, 0.1) is 29.5 Å².